The molecule has 1 amide bonds. The number of carbonyl (C=O) groups is 1. The van der Waals surface area contributed by atoms with Crippen molar-refractivity contribution in [2.75, 3.05) is 25.4 Å². The minimum Gasteiger partial charge on any atom is -0.384 e. The second-order valence-electron chi connectivity index (χ2n) is 6.63. The molecule has 6 nitrogen and oxygen atoms in total. The highest BCUT2D eigenvalue weighted by Gasteiger charge is 2.29. The van der Waals surface area contributed by atoms with Gasteiger partial charge in [0.1, 0.15) is 11.9 Å². The molecule has 26 heavy (non-hydrogen) atoms. The highest BCUT2D eigenvalue weighted by atomic mass is 16.5. The van der Waals surface area contributed by atoms with Crippen LogP contribution in [0.4, 0.5) is 5.82 Å². The third-order valence-electron chi connectivity index (χ3n) is 5.09. The minimum absolute atomic E-state index is 0.0384. The molecule has 1 aliphatic heterocycles. The summed E-state index contributed by atoms with van der Waals surface area (Å²) in [4.78, 5) is 19.5. The molecule has 0 radical (unpaired) electrons. The topological polar surface area (TPSA) is 73.4 Å². The summed E-state index contributed by atoms with van der Waals surface area (Å²) in [5, 5.41) is 0.989. The smallest absolute Gasteiger partial charge is 0.256 e. The van der Waals surface area contributed by atoms with Crippen LogP contribution in [0.25, 0.3) is 10.9 Å². The number of fused-ring (bicyclic) bond motifs is 1. The van der Waals surface area contributed by atoms with E-state index in [1.54, 1.807) is 6.07 Å². The number of nitrogen functional groups attached to an aromatic ring is 1. The Labute approximate surface area is 152 Å². The Morgan fingerprint density at radius 1 is 1.23 bits per heavy atom. The molecular weight excluding hydrogens is 328 g/mol. The van der Waals surface area contributed by atoms with Crippen LogP contribution in [0.5, 0.6) is 0 Å². The molecule has 1 aromatic carbocycles. The zero-order valence-corrected chi connectivity index (χ0v) is 15.0. The van der Waals surface area contributed by atoms with E-state index in [1.807, 2.05) is 55.3 Å². The summed E-state index contributed by atoms with van der Waals surface area (Å²) in [6.07, 6.45) is -0.258. The van der Waals surface area contributed by atoms with Crippen molar-refractivity contribution in [1.82, 2.24) is 14.5 Å². The Morgan fingerprint density at radius 2 is 2.04 bits per heavy atom. The zero-order chi connectivity index (χ0) is 18.3. The van der Waals surface area contributed by atoms with E-state index in [4.69, 9.17) is 10.5 Å². The van der Waals surface area contributed by atoms with Crippen LogP contribution in [0.3, 0.4) is 0 Å². The standard InChI is InChI=1S/C20H22N4O2/c1-13-19(14-6-3-4-8-16(14)23(13)2)20(25)24-10-11-26-17(12-24)15-7-5-9-18(21)22-15/h3-9,17H,10-12H2,1-2H3,(H2,21,22)/t17-/m0/s1. The molecule has 3 heterocycles. The third-order valence-corrected chi connectivity index (χ3v) is 5.09. The van der Waals surface area contributed by atoms with E-state index in [0.29, 0.717) is 25.5 Å². The molecule has 2 aromatic heterocycles. The van der Waals surface area contributed by atoms with Crippen molar-refractivity contribution in [3.63, 3.8) is 0 Å². The number of anilines is 1. The van der Waals surface area contributed by atoms with Crippen molar-refractivity contribution in [2.24, 2.45) is 7.05 Å². The maximum Gasteiger partial charge on any atom is 0.256 e. The van der Waals surface area contributed by atoms with E-state index in [-0.39, 0.29) is 12.0 Å². The van der Waals surface area contributed by atoms with Crippen LogP contribution in [0.15, 0.2) is 42.5 Å². The molecular formula is C20H22N4O2. The second-order valence-corrected chi connectivity index (χ2v) is 6.63. The van der Waals surface area contributed by atoms with Gasteiger partial charge >= 0.3 is 0 Å². The van der Waals surface area contributed by atoms with Crippen molar-refractivity contribution in [3.8, 4) is 0 Å². The van der Waals surface area contributed by atoms with E-state index in [0.717, 1.165) is 27.9 Å². The number of nitrogens with two attached hydrogens (primary N) is 1. The first kappa shape index (κ1) is 16.6. The minimum atomic E-state index is -0.258. The van der Waals surface area contributed by atoms with E-state index in [2.05, 4.69) is 9.55 Å². The number of rotatable bonds is 2. The number of hydrogen-bond donors (Lipinski definition) is 1. The van der Waals surface area contributed by atoms with Crippen molar-refractivity contribution in [2.45, 2.75) is 13.0 Å². The second kappa shape index (κ2) is 6.46. The van der Waals surface area contributed by atoms with Gasteiger partial charge in [-0.2, -0.15) is 0 Å². The first-order valence-corrected chi connectivity index (χ1v) is 8.73. The van der Waals surface area contributed by atoms with Crippen molar-refractivity contribution < 1.29 is 9.53 Å². The Hall–Kier alpha value is -2.86. The third kappa shape index (κ3) is 2.72. The molecule has 6 heteroatoms. The van der Waals surface area contributed by atoms with Gasteiger partial charge in [0.05, 0.1) is 24.4 Å². The molecule has 0 spiro atoms. The number of amides is 1. The van der Waals surface area contributed by atoms with Gasteiger partial charge in [0.15, 0.2) is 0 Å². The molecule has 0 saturated carbocycles. The SMILES string of the molecule is Cc1c(C(=O)N2CCO[C@H](c3cccc(N)n3)C2)c2ccccc2n1C. The molecule has 3 aromatic rings. The molecule has 134 valence electrons. The first-order chi connectivity index (χ1) is 12.6. The van der Waals surface area contributed by atoms with Crippen LogP contribution >= 0.6 is 0 Å². The van der Waals surface area contributed by atoms with Gasteiger partial charge in [-0.3, -0.25) is 4.79 Å². The van der Waals surface area contributed by atoms with Crippen LogP contribution in [0.1, 0.15) is 27.8 Å². The van der Waals surface area contributed by atoms with Crippen molar-refractivity contribution in [3.05, 3.63) is 59.4 Å². The van der Waals surface area contributed by atoms with E-state index in [9.17, 15) is 4.79 Å². The van der Waals surface area contributed by atoms with Gasteiger partial charge in [0.25, 0.3) is 5.91 Å². The predicted octanol–water partition coefficient (Wildman–Crippen LogP) is 2.68. The fraction of sp³-hybridized carbons (Fsp3) is 0.300. The fourth-order valence-corrected chi connectivity index (χ4v) is 3.61. The van der Waals surface area contributed by atoms with Gasteiger partial charge in [-0.05, 0) is 25.1 Å². The highest BCUT2D eigenvalue weighted by Crippen LogP contribution is 2.28. The summed E-state index contributed by atoms with van der Waals surface area (Å²) in [5.41, 5.74) is 9.35. The quantitative estimate of drug-likeness (QED) is 0.771. The predicted molar refractivity (Wildman–Crippen MR) is 101 cm³/mol. The highest BCUT2D eigenvalue weighted by molar-refractivity contribution is 6.08. The van der Waals surface area contributed by atoms with E-state index in [1.165, 1.54) is 0 Å². The molecule has 4 rings (SSSR count). The number of morpholine rings is 1. The summed E-state index contributed by atoms with van der Waals surface area (Å²) in [6, 6.07) is 13.5. The lowest BCUT2D eigenvalue weighted by Gasteiger charge is -2.33. The molecule has 0 unspecified atom stereocenters. The van der Waals surface area contributed by atoms with Gasteiger partial charge in [-0.25, -0.2) is 4.98 Å². The van der Waals surface area contributed by atoms with Gasteiger partial charge in [0.2, 0.25) is 0 Å². The summed E-state index contributed by atoms with van der Waals surface area (Å²) in [5.74, 6) is 0.496. The number of para-hydroxylation sites is 1. The lowest BCUT2D eigenvalue weighted by Crippen LogP contribution is -2.42. The Bertz CT molecular complexity index is 979. The summed E-state index contributed by atoms with van der Waals surface area (Å²) in [7, 11) is 1.99. The Kier molecular flexibility index (Phi) is 4.12. The number of aryl methyl sites for hydroxylation is 1. The maximum atomic E-state index is 13.3. The summed E-state index contributed by atoms with van der Waals surface area (Å²) >= 11 is 0. The number of carbonyl (C=O) groups excluding carboxylic acids is 1. The number of aromatic nitrogens is 2. The molecule has 0 aliphatic carbocycles. The van der Waals surface area contributed by atoms with Crippen molar-refractivity contribution >= 4 is 22.6 Å². The monoisotopic (exact) mass is 350 g/mol. The van der Waals surface area contributed by atoms with Gasteiger partial charge in [0, 0.05) is 30.2 Å². The Balaban J connectivity index is 1.66. The molecule has 0 bridgehead atoms. The maximum absolute atomic E-state index is 13.3. The molecule has 1 atom stereocenters. The summed E-state index contributed by atoms with van der Waals surface area (Å²) < 4.78 is 7.91. The first-order valence-electron chi connectivity index (χ1n) is 8.73. The fourth-order valence-electron chi connectivity index (χ4n) is 3.61. The number of nitrogens with zero attached hydrogens (tertiary/aromatic N) is 3. The average Bonchev–Trinajstić information content (AvgIpc) is 2.92. The number of ether oxygens (including phenoxy) is 1. The van der Waals surface area contributed by atoms with Crippen LogP contribution in [-0.4, -0.2) is 40.1 Å². The van der Waals surface area contributed by atoms with Crippen LogP contribution in [0, 0.1) is 6.92 Å². The molecule has 1 fully saturated rings. The number of hydrogen-bond acceptors (Lipinski definition) is 4. The Morgan fingerprint density at radius 3 is 2.85 bits per heavy atom. The lowest BCUT2D eigenvalue weighted by molar-refractivity contribution is -0.0246. The summed E-state index contributed by atoms with van der Waals surface area (Å²) in [6.45, 7) is 3.51. The van der Waals surface area contributed by atoms with E-state index >= 15 is 0 Å². The van der Waals surface area contributed by atoms with Crippen LogP contribution in [-0.2, 0) is 11.8 Å². The lowest BCUT2D eigenvalue weighted by atomic mass is 10.1. The zero-order valence-electron chi connectivity index (χ0n) is 15.0. The van der Waals surface area contributed by atoms with Gasteiger partial charge in [-0.15, -0.1) is 0 Å². The number of benzene rings is 1. The molecule has 2 N–H and O–H groups in total. The molecule has 1 aliphatic rings. The molecule has 1 saturated heterocycles. The largest absolute Gasteiger partial charge is 0.384 e. The van der Waals surface area contributed by atoms with Crippen LogP contribution in [0.2, 0.25) is 0 Å². The normalized spacial score (nSPS) is 17.6. The number of pyridine rings is 1. The van der Waals surface area contributed by atoms with E-state index < -0.39 is 0 Å². The van der Waals surface area contributed by atoms with Gasteiger partial charge < -0.3 is 19.9 Å². The van der Waals surface area contributed by atoms with Crippen molar-refractivity contribution in [1.29, 1.82) is 0 Å². The van der Waals surface area contributed by atoms with Crippen LogP contribution < -0.4 is 5.73 Å². The van der Waals surface area contributed by atoms with Gasteiger partial charge in [-0.1, -0.05) is 24.3 Å². The average molecular weight is 350 g/mol.